The van der Waals surface area contributed by atoms with Crippen LogP contribution in [0.1, 0.15) is 23.0 Å². The van der Waals surface area contributed by atoms with Crippen molar-refractivity contribution in [2.24, 2.45) is 0 Å². The van der Waals surface area contributed by atoms with Crippen molar-refractivity contribution in [3.8, 4) is 11.3 Å². The van der Waals surface area contributed by atoms with E-state index in [0.717, 1.165) is 10.7 Å². The number of halogens is 2. The molecule has 1 amide bonds. The topological polar surface area (TPSA) is 59.2 Å². The van der Waals surface area contributed by atoms with Gasteiger partial charge in [0, 0.05) is 23.9 Å². The SMILES string of the molecule is Cc1nc(CN(C(=O)CCc2ncc(-c3ccccc3F)o2)c2ccc(F)cc2)cs1. The number of aromatic nitrogens is 2. The molecule has 4 rings (SSSR count). The quantitative estimate of drug-likeness (QED) is 0.379. The minimum Gasteiger partial charge on any atom is -0.441 e. The van der Waals surface area contributed by atoms with E-state index in [-0.39, 0.29) is 31.1 Å². The van der Waals surface area contributed by atoms with Crippen molar-refractivity contribution in [1.29, 1.82) is 0 Å². The highest BCUT2D eigenvalue weighted by Gasteiger charge is 2.19. The number of carbonyl (C=O) groups is 1. The van der Waals surface area contributed by atoms with Crippen molar-refractivity contribution in [1.82, 2.24) is 9.97 Å². The fourth-order valence-corrected chi connectivity index (χ4v) is 3.75. The van der Waals surface area contributed by atoms with Crippen LogP contribution in [0.4, 0.5) is 14.5 Å². The Morgan fingerprint density at radius 2 is 1.90 bits per heavy atom. The van der Waals surface area contributed by atoms with Gasteiger partial charge in [0.05, 0.1) is 29.0 Å². The lowest BCUT2D eigenvalue weighted by atomic mass is 10.2. The van der Waals surface area contributed by atoms with Crippen LogP contribution in [0.5, 0.6) is 0 Å². The number of thiazole rings is 1. The maximum Gasteiger partial charge on any atom is 0.227 e. The Labute approximate surface area is 182 Å². The second-order valence-electron chi connectivity index (χ2n) is 6.91. The maximum atomic E-state index is 13.9. The molecule has 0 aliphatic carbocycles. The average molecular weight is 439 g/mol. The van der Waals surface area contributed by atoms with Gasteiger partial charge in [-0.15, -0.1) is 11.3 Å². The number of aryl methyl sites for hydroxylation is 2. The van der Waals surface area contributed by atoms with Crippen LogP contribution in [0, 0.1) is 18.6 Å². The smallest absolute Gasteiger partial charge is 0.227 e. The maximum absolute atomic E-state index is 13.9. The number of oxazole rings is 1. The van der Waals surface area contributed by atoms with Gasteiger partial charge < -0.3 is 9.32 Å². The first-order chi connectivity index (χ1) is 15.0. The normalized spacial score (nSPS) is 10.9. The van der Waals surface area contributed by atoms with Crippen LogP contribution in [0.3, 0.4) is 0 Å². The summed E-state index contributed by atoms with van der Waals surface area (Å²) < 4.78 is 33.0. The number of hydrogen-bond donors (Lipinski definition) is 0. The zero-order valence-corrected chi connectivity index (χ0v) is 17.5. The number of anilines is 1. The second kappa shape index (κ2) is 9.18. The summed E-state index contributed by atoms with van der Waals surface area (Å²) in [5, 5.41) is 2.80. The Hall–Kier alpha value is -3.39. The molecule has 158 valence electrons. The van der Waals surface area contributed by atoms with E-state index in [1.165, 1.54) is 35.7 Å². The van der Waals surface area contributed by atoms with Gasteiger partial charge in [0.15, 0.2) is 11.7 Å². The molecule has 0 saturated carbocycles. The van der Waals surface area contributed by atoms with Crippen LogP contribution in [0.25, 0.3) is 11.3 Å². The molecule has 0 saturated heterocycles. The molecule has 2 aromatic heterocycles. The highest BCUT2D eigenvalue weighted by molar-refractivity contribution is 7.09. The zero-order valence-electron chi connectivity index (χ0n) is 16.7. The van der Waals surface area contributed by atoms with E-state index in [4.69, 9.17) is 4.42 Å². The largest absolute Gasteiger partial charge is 0.441 e. The fraction of sp³-hybridized carbons (Fsp3) is 0.174. The lowest BCUT2D eigenvalue weighted by Crippen LogP contribution is -2.30. The third-order valence-electron chi connectivity index (χ3n) is 4.67. The third-order valence-corrected chi connectivity index (χ3v) is 5.49. The molecule has 0 N–H and O–H groups in total. The van der Waals surface area contributed by atoms with Crippen LogP contribution in [0.15, 0.2) is 64.5 Å². The van der Waals surface area contributed by atoms with Crippen molar-refractivity contribution in [3.05, 3.63) is 88.3 Å². The molecule has 8 heteroatoms. The van der Waals surface area contributed by atoms with Crippen molar-refractivity contribution < 1.29 is 18.0 Å². The number of nitrogens with zero attached hydrogens (tertiary/aromatic N) is 3. The minimum absolute atomic E-state index is 0.123. The van der Waals surface area contributed by atoms with Gasteiger partial charge in [0.2, 0.25) is 5.91 Å². The Morgan fingerprint density at radius 3 is 2.61 bits per heavy atom. The molecule has 2 heterocycles. The molecule has 0 fully saturated rings. The van der Waals surface area contributed by atoms with E-state index >= 15 is 0 Å². The molecular weight excluding hydrogens is 420 g/mol. The fourth-order valence-electron chi connectivity index (χ4n) is 3.15. The van der Waals surface area contributed by atoms with Crippen molar-refractivity contribution in [2.75, 3.05) is 4.90 Å². The molecule has 2 aromatic carbocycles. The van der Waals surface area contributed by atoms with Crippen LogP contribution < -0.4 is 4.90 Å². The Balaban J connectivity index is 1.48. The zero-order chi connectivity index (χ0) is 21.8. The summed E-state index contributed by atoms with van der Waals surface area (Å²) in [4.78, 5) is 23.2. The third kappa shape index (κ3) is 5.03. The van der Waals surface area contributed by atoms with Gasteiger partial charge >= 0.3 is 0 Å². The first-order valence-electron chi connectivity index (χ1n) is 9.66. The number of rotatable bonds is 7. The van der Waals surface area contributed by atoms with E-state index in [9.17, 15) is 13.6 Å². The first kappa shape index (κ1) is 20.9. The molecular formula is C23H19F2N3O2S. The molecule has 0 radical (unpaired) electrons. The van der Waals surface area contributed by atoms with Crippen molar-refractivity contribution >= 4 is 22.9 Å². The Bertz CT molecular complexity index is 1190. The molecule has 5 nitrogen and oxygen atoms in total. The highest BCUT2D eigenvalue weighted by atomic mass is 32.1. The molecule has 0 spiro atoms. The molecule has 0 aliphatic rings. The molecule has 31 heavy (non-hydrogen) atoms. The van der Waals surface area contributed by atoms with Gasteiger partial charge in [-0.1, -0.05) is 12.1 Å². The molecule has 0 atom stereocenters. The average Bonchev–Trinajstić information content (AvgIpc) is 3.40. The van der Waals surface area contributed by atoms with E-state index in [1.54, 1.807) is 35.2 Å². The predicted molar refractivity (Wildman–Crippen MR) is 115 cm³/mol. The standard InChI is InChI=1S/C23H19F2N3O2S/c1-15-27-17(14-31-15)13-28(18-8-6-16(24)7-9-18)23(29)11-10-22-26-12-21(30-22)19-4-2-3-5-20(19)25/h2-9,12,14H,10-11,13H2,1H3. The molecule has 0 aliphatic heterocycles. The van der Waals surface area contributed by atoms with E-state index in [0.29, 0.717) is 22.9 Å². The summed E-state index contributed by atoms with van der Waals surface area (Å²) in [6.07, 6.45) is 1.83. The lowest BCUT2D eigenvalue weighted by molar-refractivity contribution is -0.118. The van der Waals surface area contributed by atoms with Crippen molar-refractivity contribution in [2.45, 2.75) is 26.3 Å². The summed E-state index contributed by atoms with van der Waals surface area (Å²) in [5.74, 6) is -0.296. The van der Waals surface area contributed by atoms with Gasteiger partial charge in [-0.05, 0) is 43.3 Å². The second-order valence-corrected chi connectivity index (χ2v) is 7.97. The van der Waals surface area contributed by atoms with Gasteiger partial charge in [-0.3, -0.25) is 4.79 Å². The van der Waals surface area contributed by atoms with Crippen LogP contribution in [0.2, 0.25) is 0 Å². The summed E-state index contributed by atoms with van der Waals surface area (Å²) in [5.41, 5.74) is 1.66. The highest BCUT2D eigenvalue weighted by Crippen LogP contribution is 2.24. The number of amides is 1. The Morgan fingerprint density at radius 1 is 1.13 bits per heavy atom. The van der Waals surface area contributed by atoms with Crippen LogP contribution >= 0.6 is 11.3 Å². The Kier molecular flexibility index (Phi) is 6.18. The summed E-state index contributed by atoms with van der Waals surface area (Å²) >= 11 is 1.50. The van der Waals surface area contributed by atoms with Gasteiger partial charge in [0.1, 0.15) is 11.6 Å². The van der Waals surface area contributed by atoms with E-state index < -0.39 is 5.82 Å². The van der Waals surface area contributed by atoms with Crippen LogP contribution in [-0.2, 0) is 17.8 Å². The van der Waals surface area contributed by atoms with Crippen LogP contribution in [-0.4, -0.2) is 15.9 Å². The lowest BCUT2D eigenvalue weighted by Gasteiger charge is -2.22. The number of benzene rings is 2. The summed E-state index contributed by atoms with van der Waals surface area (Å²) in [6.45, 7) is 2.18. The predicted octanol–water partition coefficient (Wildman–Crippen LogP) is 5.55. The molecule has 0 unspecified atom stereocenters. The number of hydrogen-bond acceptors (Lipinski definition) is 5. The van der Waals surface area contributed by atoms with E-state index in [2.05, 4.69) is 9.97 Å². The van der Waals surface area contributed by atoms with Crippen molar-refractivity contribution in [3.63, 3.8) is 0 Å². The van der Waals surface area contributed by atoms with Gasteiger partial charge in [-0.2, -0.15) is 0 Å². The van der Waals surface area contributed by atoms with Gasteiger partial charge in [0.25, 0.3) is 0 Å². The summed E-state index contributed by atoms with van der Waals surface area (Å²) in [6, 6.07) is 12.0. The van der Waals surface area contributed by atoms with E-state index in [1.807, 2.05) is 12.3 Å². The first-order valence-corrected chi connectivity index (χ1v) is 10.5. The number of carbonyl (C=O) groups excluding carboxylic acids is 1. The minimum atomic E-state index is -0.401. The molecule has 0 bridgehead atoms. The summed E-state index contributed by atoms with van der Waals surface area (Å²) in [7, 11) is 0. The molecule has 4 aromatic rings. The van der Waals surface area contributed by atoms with Gasteiger partial charge in [-0.25, -0.2) is 18.7 Å². The monoisotopic (exact) mass is 439 g/mol.